The van der Waals surface area contributed by atoms with Crippen LogP contribution in [0.5, 0.6) is 5.75 Å². The fourth-order valence-electron chi connectivity index (χ4n) is 1.02. The summed E-state index contributed by atoms with van der Waals surface area (Å²) in [5, 5.41) is 0. The largest absolute Gasteiger partial charge is 0.428 e. The van der Waals surface area contributed by atoms with E-state index in [2.05, 4.69) is 4.74 Å². The molecule has 0 aromatic heterocycles. The van der Waals surface area contributed by atoms with Crippen LogP contribution in [0.15, 0.2) is 36.4 Å². The third kappa shape index (κ3) is 3.94. The van der Waals surface area contributed by atoms with Crippen LogP contribution in [0.3, 0.4) is 0 Å². The molecule has 0 bridgehead atoms. The highest BCUT2D eigenvalue weighted by molar-refractivity contribution is 5.27. The minimum absolute atomic E-state index is 0.0190. The summed E-state index contributed by atoms with van der Waals surface area (Å²) in [5.74, 6) is 0.0190. The molecule has 0 unspecified atom stereocenters. The monoisotopic (exact) mass is 232 g/mol. The van der Waals surface area contributed by atoms with Crippen molar-refractivity contribution in [3.05, 3.63) is 41.9 Å². The number of halogens is 3. The first-order valence-electron chi connectivity index (χ1n) is 4.68. The van der Waals surface area contributed by atoms with Crippen molar-refractivity contribution in [2.75, 3.05) is 6.61 Å². The van der Waals surface area contributed by atoms with E-state index in [4.69, 9.17) is 4.74 Å². The Morgan fingerprint density at radius 2 is 1.75 bits per heavy atom. The molecule has 0 saturated carbocycles. The molecule has 0 aliphatic rings. The van der Waals surface area contributed by atoms with Crippen LogP contribution in [0.4, 0.5) is 13.2 Å². The van der Waals surface area contributed by atoms with Crippen LogP contribution in [0.25, 0.3) is 0 Å². The summed E-state index contributed by atoms with van der Waals surface area (Å²) >= 11 is 0. The van der Waals surface area contributed by atoms with Gasteiger partial charge in [0.1, 0.15) is 5.75 Å². The Hall–Kier alpha value is -1.49. The van der Waals surface area contributed by atoms with Crippen molar-refractivity contribution in [3.63, 3.8) is 0 Å². The molecule has 0 radical (unpaired) electrons. The molecular formula is C11H11F3O2. The first-order valence-corrected chi connectivity index (χ1v) is 4.68. The molecule has 0 N–H and O–H groups in total. The minimum Gasteiger partial charge on any atom is -0.428 e. The van der Waals surface area contributed by atoms with Gasteiger partial charge in [0.25, 0.3) is 0 Å². The van der Waals surface area contributed by atoms with Crippen molar-refractivity contribution in [3.8, 4) is 5.75 Å². The third-order valence-electron chi connectivity index (χ3n) is 1.75. The SMILES string of the molecule is CCOCc1ccc(OC(F)=C(F)F)cc1. The molecule has 0 saturated heterocycles. The zero-order valence-corrected chi connectivity index (χ0v) is 8.67. The number of hydrogen-bond acceptors (Lipinski definition) is 2. The van der Waals surface area contributed by atoms with Gasteiger partial charge >= 0.3 is 12.1 Å². The van der Waals surface area contributed by atoms with E-state index in [1.807, 2.05) is 6.92 Å². The lowest BCUT2D eigenvalue weighted by Crippen LogP contribution is -1.93. The maximum atomic E-state index is 12.4. The van der Waals surface area contributed by atoms with E-state index in [1.165, 1.54) is 12.1 Å². The molecule has 0 aliphatic heterocycles. The highest BCUT2D eigenvalue weighted by Crippen LogP contribution is 2.19. The van der Waals surface area contributed by atoms with Gasteiger partial charge < -0.3 is 9.47 Å². The van der Waals surface area contributed by atoms with Crippen molar-refractivity contribution >= 4 is 0 Å². The number of rotatable bonds is 5. The Morgan fingerprint density at radius 1 is 1.12 bits per heavy atom. The summed E-state index contributed by atoms with van der Waals surface area (Å²) in [7, 11) is 0. The molecule has 0 atom stereocenters. The van der Waals surface area contributed by atoms with Gasteiger partial charge in [0, 0.05) is 6.61 Å². The summed E-state index contributed by atoms with van der Waals surface area (Å²) in [6.07, 6.45) is -2.47. The molecule has 0 amide bonds. The van der Waals surface area contributed by atoms with Crippen molar-refractivity contribution < 1.29 is 22.6 Å². The predicted molar refractivity (Wildman–Crippen MR) is 52.8 cm³/mol. The lowest BCUT2D eigenvalue weighted by molar-refractivity contribution is 0.134. The lowest BCUT2D eigenvalue weighted by atomic mass is 10.2. The number of benzene rings is 1. The summed E-state index contributed by atoms with van der Waals surface area (Å²) < 4.78 is 45.2. The Bertz CT molecular complexity index is 356. The van der Waals surface area contributed by atoms with Crippen LogP contribution in [-0.4, -0.2) is 6.61 Å². The fourth-order valence-corrected chi connectivity index (χ4v) is 1.02. The van der Waals surface area contributed by atoms with Crippen molar-refractivity contribution in [2.24, 2.45) is 0 Å². The molecule has 0 aliphatic carbocycles. The molecule has 0 spiro atoms. The van der Waals surface area contributed by atoms with E-state index in [0.29, 0.717) is 13.2 Å². The topological polar surface area (TPSA) is 18.5 Å². The highest BCUT2D eigenvalue weighted by atomic mass is 19.3. The molecule has 88 valence electrons. The van der Waals surface area contributed by atoms with Gasteiger partial charge in [0.05, 0.1) is 6.61 Å². The minimum atomic E-state index is -2.47. The Morgan fingerprint density at radius 3 is 2.25 bits per heavy atom. The van der Waals surface area contributed by atoms with Crippen LogP contribution in [0.1, 0.15) is 12.5 Å². The van der Waals surface area contributed by atoms with Gasteiger partial charge in [0.15, 0.2) is 0 Å². The first-order chi connectivity index (χ1) is 7.63. The predicted octanol–water partition coefficient (Wildman–Crippen LogP) is 3.64. The van der Waals surface area contributed by atoms with Gasteiger partial charge in [-0.25, -0.2) is 0 Å². The normalized spacial score (nSPS) is 10.0. The summed E-state index contributed by atoms with van der Waals surface area (Å²) in [5.41, 5.74) is 0.860. The first kappa shape index (κ1) is 12.6. The summed E-state index contributed by atoms with van der Waals surface area (Å²) in [4.78, 5) is 0. The van der Waals surface area contributed by atoms with Gasteiger partial charge in [-0.3, -0.25) is 0 Å². The van der Waals surface area contributed by atoms with Gasteiger partial charge in [-0.05, 0) is 24.6 Å². The fraction of sp³-hybridized carbons (Fsp3) is 0.273. The average Bonchev–Trinajstić information content (AvgIpc) is 2.28. The standard InChI is InChI=1S/C11H11F3O2/c1-2-15-7-8-3-5-9(6-4-8)16-11(14)10(12)13/h3-6H,2,7H2,1H3. The van der Waals surface area contributed by atoms with Gasteiger partial charge in [0.2, 0.25) is 0 Å². The number of hydrogen-bond donors (Lipinski definition) is 0. The van der Waals surface area contributed by atoms with Crippen LogP contribution in [-0.2, 0) is 11.3 Å². The Kier molecular flexibility index (Phi) is 4.85. The molecular weight excluding hydrogens is 221 g/mol. The van der Waals surface area contributed by atoms with Crippen LogP contribution in [0.2, 0.25) is 0 Å². The summed E-state index contributed by atoms with van der Waals surface area (Å²) in [6, 6.07) is 4.16. The maximum absolute atomic E-state index is 12.4. The van der Waals surface area contributed by atoms with E-state index in [1.54, 1.807) is 12.1 Å². The van der Waals surface area contributed by atoms with Gasteiger partial charge in [-0.1, -0.05) is 12.1 Å². The number of ether oxygens (including phenoxy) is 2. The zero-order chi connectivity index (χ0) is 12.0. The summed E-state index contributed by atoms with van der Waals surface area (Å²) in [6.45, 7) is 2.87. The lowest BCUT2D eigenvalue weighted by Gasteiger charge is -2.04. The second kappa shape index (κ2) is 6.17. The van der Waals surface area contributed by atoms with Crippen molar-refractivity contribution in [1.29, 1.82) is 0 Å². The average molecular weight is 232 g/mol. The van der Waals surface area contributed by atoms with E-state index in [-0.39, 0.29) is 5.75 Å². The molecule has 2 nitrogen and oxygen atoms in total. The molecule has 1 aromatic rings. The highest BCUT2D eigenvalue weighted by Gasteiger charge is 2.07. The van der Waals surface area contributed by atoms with Crippen molar-refractivity contribution in [1.82, 2.24) is 0 Å². The molecule has 1 rings (SSSR count). The molecule has 0 heterocycles. The van der Waals surface area contributed by atoms with E-state index in [0.717, 1.165) is 5.56 Å². The zero-order valence-electron chi connectivity index (χ0n) is 8.67. The molecule has 16 heavy (non-hydrogen) atoms. The van der Waals surface area contributed by atoms with Crippen LogP contribution >= 0.6 is 0 Å². The third-order valence-corrected chi connectivity index (χ3v) is 1.75. The van der Waals surface area contributed by atoms with E-state index < -0.39 is 12.1 Å². The smallest absolute Gasteiger partial charge is 0.344 e. The second-order valence-corrected chi connectivity index (χ2v) is 2.92. The van der Waals surface area contributed by atoms with Crippen LogP contribution in [0, 0.1) is 0 Å². The molecule has 5 heteroatoms. The Labute approximate surface area is 91.3 Å². The Balaban J connectivity index is 2.61. The maximum Gasteiger partial charge on any atom is 0.344 e. The van der Waals surface area contributed by atoms with E-state index in [9.17, 15) is 13.2 Å². The van der Waals surface area contributed by atoms with Gasteiger partial charge in [-0.2, -0.15) is 13.2 Å². The second-order valence-electron chi connectivity index (χ2n) is 2.92. The van der Waals surface area contributed by atoms with Gasteiger partial charge in [-0.15, -0.1) is 0 Å². The quantitative estimate of drug-likeness (QED) is 0.721. The molecule has 1 aromatic carbocycles. The van der Waals surface area contributed by atoms with E-state index >= 15 is 0 Å². The van der Waals surface area contributed by atoms with Crippen LogP contribution < -0.4 is 4.74 Å². The molecule has 0 fully saturated rings. The van der Waals surface area contributed by atoms with Crippen molar-refractivity contribution in [2.45, 2.75) is 13.5 Å².